The minimum absolute atomic E-state index is 0.238. The summed E-state index contributed by atoms with van der Waals surface area (Å²) < 4.78 is 5.20. The molecule has 1 heteroatoms. The van der Waals surface area contributed by atoms with E-state index in [1.807, 2.05) is 6.08 Å². The Bertz CT molecular complexity index is 116. The van der Waals surface area contributed by atoms with E-state index in [1.54, 1.807) is 0 Å². The van der Waals surface area contributed by atoms with Crippen LogP contribution < -0.4 is 0 Å². The van der Waals surface area contributed by atoms with Crippen molar-refractivity contribution in [3.05, 3.63) is 24.8 Å². The molecule has 0 aromatic heterocycles. The van der Waals surface area contributed by atoms with Gasteiger partial charge in [0.2, 0.25) is 0 Å². The summed E-state index contributed by atoms with van der Waals surface area (Å²) in [6, 6.07) is 0. The molecule has 8 heavy (non-hydrogen) atoms. The van der Waals surface area contributed by atoms with E-state index in [0.717, 1.165) is 13.0 Å². The van der Waals surface area contributed by atoms with Gasteiger partial charge in [0.1, 0.15) is 0 Å². The molecule has 1 aliphatic rings. The third kappa shape index (κ3) is 0.984. The molecule has 0 spiro atoms. The quantitative estimate of drug-likeness (QED) is 0.465. The Labute approximate surface area is 49.7 Å². The summed E-state index contributed by atoms with van der Waals surface area (Å²) in [4.78, 5) is 0. The number of hydrogen-bond donors (Lipinski definition) is 0. The fraction of sp³-hybridized carbons (Fsp3) is 0.429. The van der Waals surface area contributed by atoms with Crippen LogP contribution in [0, 0.1) is 0 Å². The lowest BCUT2D eigenvalue weighted by molar-refractivity contribution is 0.150. The van der Waals surface area contributed by atoms with Crippen LogP contribution in [0.1, 0.15) is 6.42 Å². The summed E-state index contributed by atoms with van der Waals surface area (Å²) in [6.07, 6.45) is 3.02. The maximum Gasteiger partial charge on any atom is 0.0795 e. The molecular formula is C7H10O. The van der Waals surface area contributed by atoms with E-state index in [9.17, 15) is 0 Å². The van der Waals surface area contributed by atoms with Crippen LogP contribution in [-0.2, 0) is 4.74 Å². The van der Waals surface area contributed by atoms with Gasteiger partial charge >= 0.3 is 0 Å². The summed E-state index contributed by atoms with van der Waals surface area (Å²) in [5.41, 5.74) is 1.18. The van der Waals surface area contributed by atoms with Crippen LogP contribution in [0.15, 0.2) is 24.8 Å². The summed E-state index contributed by atoms with van der Waals surface area (Å²) >= 11 is 0. The largest absolute Gasteiger partial charge is 0.370 e. The second kappa shape index (κ2) is 2.14. The van der Waals surface area contributed by atoms with Gasteiger partial charge in [-0.3, -0.25) is 0 Å². The molecule has 0 N–H and O–H groups in total. The van der Waals surface area contributed by atoms with Crippen molar-refractivity contribution in [2.45, 2.75) is 12.5 Å². The maximum absolute atomic E-state index is 5.20. The van der Waals surface area contributed by atoms with Gasteiger partial charge in [0, 0.05) is 6.42 Å². The zero-order valence-corrected chi connectivity index (χ0v) is 4.89. The molecule has 1 heterocycles. The van der Waals surface area contributed by atoms with Crippen molar-refractivity contribution in [2.24, 2.45) is 0 Å². The van der Waals surface area contributed by atoms with E-state index in [4.69, 9.17) is 4.74 Å². The maximum atomic E-state index is 5.20. The lowest BCUT2D eigenvalue weighted by atomic mass is 10.2. The molecule has 0 unspecified atom stereocenters. The van der Waals surface area contributed by atoms with Gasteiger partial charge in [0.15, 0.2) is 0 Å². The summed E-state index contributed by atoms with van der Waals surface area (Å²) in [5.74, 6) is 0. The fourth-order valence-electron chi connectivity index (χ4n) is 0.779. The average molecular weight is 110 g/mol. The molecule has 1 nitrogen and oxygen atoms in total. The first kappa shape index (κ1) is 5.57. The predicted octanol–water partition coefficient (Wildman–Crippen LogP) is 1.52. The average Bonchev–Trinajstić information content (AvgIpc) is 2.14. The normalized spacial score (nSPS) is 28.5. The third-order valence-electron chi connectivity index (χ3n) is 1.25. The highest BCUT2D eigenvalue weighted by Crippen LogP contribution is 2.16. The first-order valence-corrected chi connectivity index (χ1v) is 2.73. The van der Waals surface area contributed by atoms with Crippen LogP contribution in [-0.4, -0.2) is 12.7 Å². The van der Waals surface area contributed by atoms with Gasteiger partial charge in [-0.15, -0.1) is 6.58 Å². The molecule has 1 fully saturated rings. The number of ether oxygens (including phenoxy) is 1. The minimum atomic E-state index is 0.238. The number of rotatable bonds is 1. The van der Waals surface area contributed by atoms with Crippen LogP contribution in [0.5, 0.6) is 0 Å². The summed E-state index contributed by atoms with van der Waals surface area (Å²) in [7, 11) is 0. The Morgan fingerprint density at radius 2 is 2.50 bits per heavy atom. The van der Waals surface area contributed by atoms with Gasteiger partial charge in [-0.2, -0.15) is 0 Å². The van der Waals surface area contributed by atoms with Gasteiger partial charge in [0.05, 0.1) is 12.7 Å². The van der Waals surface area contributed by atoms with Crippen LogP contribution >= 0.6 is 0 Å². The van der Waals surface area contributed by atoms with Gasteiger partial charge in [-0.25, -0.2) is 0 Å². The fourth-order valence-corrected chi connectivity index (χ4v) is 0.779. The molecule has 1 aliphatic heterocycles. The van der Waals surface area contributed by atoms with E-state index in [1.165, 1.54) is 5.57 Å². The highest BCUT2D eigenvalue weighted by atomic mass is 16.5. The van der Waals surface area contributed by atoms with Crippen molar-refractivity contribution in [1.82, 2.24) is 0 Å². The molecule has 0 radical (unpaired) electrons. The van der Waals surface area contributed by atoms with Crippen molar-refractivity contribution in [3.63, 3.8) is 0 Å². The Hall–Kier alpha value is -0.560. The van der Waals surface area contributed by atoms with E-state index >= 15 is 0 Å². The summed E-state index contributed by atoms with van der Waals surface area (Å²) in [6.45, 7) is 8.11. The molecule has 1 saturated heterocycles. The standard InChI is InChI=1S/C7H10O/c1-3-7-4-6(2)5-8-7/h3,7H,1-2,4-5H2/t7-/m0/s1. The molecule has 0 bridgehead atoms. The molecule has 0 saturated carbocycles. The predicted molar refractivity (Wildman–Crippen MR) is 33.7 cm³/mol. The second-order valence-corrected chi connectivity index (χ2v) is 2.04. The van der Waals surface area contributed by atoms with E-state index < -0.39 is 0 Å². The molecule has 0 amide bonds. The molecule has 1 rings (SSSR count). The SMILES string of the molecule is C=C[C@H]1CC(=C)CO1. The lowest BCUT2D eigenvalue weighted by Gasteiger charge is -1.96. The Kier molecular flexibility index (Phi) is 1.49. The van der Waals surface area contributed by atoms with Gasteiger partial charge in [-0.05, 0) is 5.57 Å². The molecule has 44 valence electrons. The smallest absolute Gasteiger partial charge is 0.0795 e. The van der Waals surface area contributed by atoms with Gasteiger partial charge in [-0.1, -0.05) is 12.7 Å². The van der Waals surface area contributed by atoms with Crippen molar-refractivity contribution >= 4 is 0 Å². The van der Waals surface area contributed by atoms with Crippen LogP contribution in [0.4, 0.5) is 0 Å². The van der Waals surface area contributed by atoms with E-state index in [-0.39, 0.29) is 6.10 Å². The van der Waals surface area contributed by atoms with Crippen LogP contribution in [0.25, 0.3) is 0 Å². The van der Waals surface area contributed by atoms with Crippen molar-refractivity contribution < 1.29 is 4.74 Å². The third-order valence-corrected chi connectivity index (χ3v) is 1.25. The van der Waals surface area contributed by atoms with Crippen molar-refractivity contribution in [1.29, 1.82) is 0 Å². The monoisotopic (exact) mass is 110 g/mol. The highest BCUT2D eigenvalue weighted by Gasteiger charge is 2.13. The van der Waals surface area contributed by atoms with Crippen molar-refractivity contribution in [3.8, 4) is 0 Å². The second-order valence-electron chi connectivity index (χ2n) is 2.04. The zero-order chi connectivity index (χ0) is 5.98. The number of hydrogen-bond acceptors (Lipinski definition) is 1. The molecular weight excluding hydrogens is 100 g/mol. The van der Waals surface area contributed by atoms with Crippen LogP contribution in [0.2, 0.25) is 0 Å². The first-order valence-electron chi connectivity index (χ1n) is 2.73. The molecule has 0 aliphatic carbocycles. The van der Waals surface area contributed by atoms with E-state index in [2.05, 4.69) is 13.2 Å². The van der Waals surface area contributed by atoms with Crippen LogP contribution in [0.3, 0.4) is 0 Å². The molecule has 1 atom stereocenters. The zero-order valence-electron chi connectivity index (χ0n) is 4.89. The lowest BCUT2D eigenvalue weighted by Crippen LogP contribution is -1.96. The Morgan fingerprint density at radius 1 is 1.75 bits per heavy atom. The summed E-state index contributed by atoms with van der Waals surface area (Å²) in [5, 5.41) is 0. The van der Waals surface area contributed by atoms with E-state index in [0.29, 0.717) is 0 Å². The Balaban J connectivity index is 2.43. The minimum Gasteiger partial charge on any atom is -0.370 e. The highest BCUT2D eigenvalue weighted by molar-refractivity contribution is 5.05. The first-order chi connectivity index (χ1) is 3.83. The molecule has 0 aromatic rings. The molecule has 0 aromatic carbocycles. The van der Waals surface area contributed by atoms with Gasteiger partial charge < -0.3 is 4.74 Å². The van der Waals surface area contributed by atoms with Gasteiger partial charge in [0.25, 0.3) is 0 Å². The Morgan fingerprint density at radius 3 is 2.75 bits per heavy atom. The topological polar surface area (TPSA) is 9.23 Å². The van der Waals surface area contributed by atoms with Crippen molar-refractivity contribution in [2.75, 3.05) is 6.61 Å².